The Hall–Kier alpha value is -3.15. The van der Waals surface area contributed by atoms with Crippen LogP contribution in [0.3, 0.4) is 0 Å². The second-order valence-electron chi connectivity index (χ2n) is 8.82. The SMILES string of the molecule is Cc1ccc(-n2nccn2)c(N2CCC[C@@]2(C)c2nc3c(C(C)C)cccc3[nH]2)c1. The molecule has 0 aliphatic carbocycles. The first-order valence-electron chi connectivity index (χ1n) is 10.7. The molecule has 0 radical (unpaired) electrons. The van der Waals surface area contributed by atoms with Gasteiger partial charge in [0.2, 0.25) is 0 Å². The van der Waals surface area contributed by atoms with Crippen molar-refractivity contribution >= 4 is 16.7 Å². The van der Waals surface area contributed by atoms with Gasteiger partial charge in [-0.3, -0.25) is 0 Å². The summed E-state index contributed by atoms with van der Waals surface area (Å²) in [5, 5.41) is 8.78. The van der Waals surface area contributed by atoms with E-state index in [0.29, 0.717) is 5.92 Å². The molecule has 0 amide bonds. The first kappa shape index (κ1) is 18.9. The molecule has 4 aromatic rings. The Morgan fingerprint density at radius 2 is 1.87 bits per heavy atom. The summed E-state index contributed by atoms with van der Waals surface area (Å²) in [5.74, 6) is 1.47. The van der Waals surface area contributed by atoms with Crippen molar-refractivity contribution < 1.29 is 0 Å². The molecule has 6 heteroatoms. The van der Waals surface area contributed by atoms with Gasteiger partial charge in [-0.2, -0.15) is 10.2 Å². The fraction of sp³-hybridized carbons (Fsp3) is 0.375. The van der Waals surface area contributed by atoms with Crippen molar-refractivity contribution in [3.63, 3.8) is 0 Å². The molecule has 1 aliphatic rings. The van der Waals surface area contributed by atoms with E-state index >= 15 is 0 Å². The number of rotatable bonds is 4. The maximum Gasteiger partial charge on any atom is 0.132 e. The van der Waals surface area contributed by atoms with E-state index in [1.54, 1.807) is 17.2 Å². The van der Waals surface area contributed by atoms with Gasteiger partial charge >= 0.3 is 0 Å². The maximum atomic E-state index is 5.14. The molecule has 0 saturated carbocycles. The lowest BCUT2D eigenvalue weighted by Gasteiger charge is -2.36. The normalized spacial score (nSPS) is 19.3. The summed E-state index contributed by atoms with van der Waals surface area (Å²) in [6.45, 7) is 9.86. The molecular weight excluding hydrogens is 372 g/mol. The summed E-state index contributed by atoms with van der Waals surface area (Å²) >= 11 is 0. The average Bonchev–Trinajstić information content (AvgIpc) is 3.47. The fourth-order valence-electron chi connectivity index (χ4n) is 4.73. The van der Waals surface area contributed by atoms with Crippen LogP contribution in [0.1, 0.15) is 56.5 Å². The Morgan fingerprint density at radius 3 is 2.63 bits per heavy atom. The number of anilines is 1. The third-order valence-electron chi connectivity index (χ3n) is 6.37. The number of hydrogen-bond acceptors (Lipinski definition) is 4. The Labute approximate surface area is 176 Å². The van der Waals surface area contributed by atoms with Gasteiger partial charge in [0.15, 0.2) is 0 Å². The molecule has 1 aliphatic heterocycles. The molecule has 1 atom stereocenters. The highest BCUT2D eigenvalue weighted by Gasteiger charge is 2.42. The molecule has 2 aromatic heterocycles. The van der Waals surface area contributed by atoms with Gasteiger partial charge in [0.1, 0.15) is 11.5 Å². The molecule has 3 heterocycles. The number of imidazole rings is 1. The van der Waals surface area contributed by atoms with E-state index in [1.165, 1.54) is 11.1 Å². The Balaban J connectivity index is 1.65. The summed E-state index contributed by atoms with van der Waals surface area (Å²) in [4.78, 5) is 13.0. The first-order valence-corrected chi connectivity index (χ1v) is 10.7. The van der Waals surface area contributed by atoms with Crippen molar-refractivity contribution in [2.75, 3.05) is 11.4 Å². The highest BCUT2D eigenvalue weighted by atomic mass is 15.5. The topological polar surface area (TPSA) is 62.6 Å². The third-order valence-corrected chi connectivity index (χ3v) is 6.37. The van der Waals surface area contributed by atoms with Gasteiger partial charge < -0.3 is 9.88 Å². The van der Waals surface area contributed by atoms with E-state index in [2.05, 4.69) is 84.2 Å². The molecule has 6 nitrogen and oxygen atoms in total. The number of nitrogens with zero attached hydrogens (tertiary/aromatic N) is 5. The minimum absolute atomic E-state index is 0.219. The molecule has 2 aromatic carbocycles. The van der Waals surface area contributed by atoms with Crippen LogP contribution in [0.2, 0.25) is 0 Å². The van der Waals surface area contributed by atoms with E-state index in [0.717, 1.165) is 47.6 Å². The summed E-state index contributed by atoms with van der Waals surface area (Å²) in [6, 6.07) is 12.9. The van der Waals surface area contributed by atoms with Gasteiger partial charge in [-0.25, -0.2) is 4.98 Å². The first-order chi connectivity index (χ1) is 14.5. The minimum atomic E-state index is -0.219. The van der Waals surface area contributed by atoms with E-state index in [4.69, 9.17) is 4.98 Å². The van der Waals surface area contributed by atoms with Gasteiger partial charge in [-0.05, 0) is 61.9 Å². The van der Waals surface area contributed by atoms with Crippen molar-refractivity contribution in [3.8, 4) is 5.69 Å². The Bertz CT molecular complexity index is 1190. The quantitative estimate of drug-likeness (QED) is 0.518. The monoisotopic (exact) mass is 400 g/mol. The molecule has 1 N–H and O–H groups in total. The van der Waals surface area contributed by atoms with Crippen LogP contribution in [0.25, 0.3) is 16.7 Å². The van der Waals surface area contributed by atoms with Gasteiger partial charge in [0.25, 0.3) is 0 Å². The molecule has 0 spiro atoms. The lowest BCUT2D eigenvalue weighted by Crippen LogP contribution is -2.40. The van der Waals surface area contributed by atoms with Gasteiger partial charge in [0.05, 0.1) is 34.7 Å². The summed E-state index contributed by atoms with van der Waals surface area (Å²) in [5.41, 5.74) is 6.65. The van der Waals surface area contributed by atoms with E-state index in [1.807, 2.05) is 0 Å². The van der Waals surface area contributed by atoms with Crippen LogP contribution in [0.5, 0.6) is 0 Å². The van der Waals surface area contributed by atoms with Gasteiger partial charge in [-0.15, -0.1) is 4.80 Å². The molecular formula is C24H28N6. The zero-order chi connectivity index (χ0) is 20.9. The predicted octanol–water partition coefficient (Wildman–Crippen LogP) is 5.09. The van der Waals surface area contributed by atoms with Crippen LogP contribution < -0.4 is 4.90 Å². The van der Waals surface area contributed by atoms with E-state index in [9.17, 15) is 0 Å². The van der Waals surface area contributed by atoms with E-state index < -0.39 is 0 Å². The fourth-order valence-corrected chi connectivity index (χ4v) is 4.73. The van der Waals surface area contributed by atoms with Crippen LogP contribution in [0.15, 0.2) is 48.8 Å². The van der Waals surface area contributed by atoms with Crippen molar-refractivity contribution in [1.82, 2.24) is 25.0 Å². The highest BCUT2D eigenvalue weighted by molar-refractivity contribution is 5.80. The Kier molecular flexibility index (Phi) is 4.38. The molecule has 1 saturated heterocycles. The largest absolute Gasteiger partial charge is 0.357 e. The second-order valence-corrected chi connectivity index (χ2v) is 8.82. The highest BCUT2D eigenvalue weighted by Crippen LogP contribution is 2.43. The lowest BCUT2D eigenvalue weighted by molar-refractivity contribution is 0.466. The van der Waals surface area contributed by atoms with Crippen LogP contribution in [0.4, 0.5) is 5.69 Å². The number of hydrogen-bond donors (Lipinski definition) is 1. The minimum Gasteiger partial charge on any atom is -0.357 e. The summed E-state index contributed by atoms with van der Waals surface area (Å²) in [6.07, 6.45) is 5.60. The summed E-state index contributed by atoms with van der Waals surface area (Å²) in [7, 11) is 0. The average molecular weight is 401 g/mol. The standard InChI is InChI=1S/C24H28N6/c1-16(2)18-7-5-8-19-22(18)28-23(27-19)24(4)11-6-14-29(24)21-15-17(3)9-10-20(21)30-25-12-13-26-30/h5,7-10,12-13,15-16H,6,11,14H2,1-4H3,(H,27,28)/t24-/m0/s1. The predicted molar refractivity (Wildman–Crippen MR) is 120 cm³/mol. The number of aromatic amines is 1. The smallest absolute Gasteiger partial charge is 0.132 e. The van der Waals surface area contributed by atoms with Gasteiger partial charge in [0, 0.05) is 6.54 Å². The number of fused-ring (bicyclic) bond motifs is 1. The van der Waals surface area contributed by atoms with Crippen molar-refractivity contribution in [2.45, 2.75) is 52.0 Å². The van der Waals surface area contributed by atoms with Gasteiger partial charge in [-0.1, -0.05) is 32.0 Å². The number of nitrogens with one attached hydrogen (secondary N) is 1. The number of aromatic nitrogens is 5. The third kappa shape index (κ3) is 2.90. The van der Waals surface area contributed by atoms with Crippen molar-refractivity contribution in [1.29, 1.82) is 0 Å². The molecule has 0 unspecified atom stereocenters. The molecule has 0 bridgehead atoms. The van der Waals surface area contributed by atoms with Crippen molar-refractivity contribution in [2.24, 2.45) is 0 Å². The molecule has 1 fully saturated rings. The molecule has 30 heavy (non-hydrogen) atoms. The molecule has 154 valence electrons. The second kappa shape index (κ2) is 6.97. The van der Waals surface area contributed by atoms with Crippen LogP contribution in [0, 0.1) is 6.92 Å². The number of benzene rings is 2. The lowest BCUT2D eigenvalue weighted by atomic mass is 9.96. The Morgan fingerprint density at radius 1 is 1.07 bits per heavy atom. The van der Waals surface area contributed by atoms with E-state index in [-0.39, 0.29) is 5.54 Å². The zero-order valence-electron chi connectivity index (χ0n) is 18.1. The number of para-hydroxylation sites is 1. The maximum absolute atomic E-state index is 5.14. The summed E-state index contributed by atoms with van der Waals surface area (Å²) < 4.78 is 0. The van der Waals surface area contributed by atoms with Crippen LogP contribution in [-0.4, -0.2) is 31.5 Å². The van der Waals surface area contributed by atoms with Crippen LogP contribution >= 0.6 is 0 Å². The van der Waals surface area contributed by atoms with Crippen LogP contribution in [-0.2, 0) is 5.54 Å². The molecule has 5 rings (SSSR count). The number of aryl methyl sites for hydroxylation is 1. The zero-order valence-corrected chi connectivity index (χ0v) is 18.1. The number of H-pyrrole nitrogens is 1. The van der Waals surface area contributed by atoms with Crippen molar-refractivity contribution in [3.05, 3.63) is 65.7 Å².